The monoisotopic (exact) mass is 419 g/mol. The van der Waals surface area contributed by atoms with Crippen LogP contribution in [0, 0.1) is 0 Å². The topological polar surface area (TPSA) is 112 Å². The van der Waals surface area contributed by atoms with E-state index in [0.29, 0.717) is 25.0 Å². The highest BCUT2D eigenvalue weighted by Crippen LogP contribution is 2.27. The Labute approximate surface area is 177 Å². The summed E-state index contributed by atoms with van der Waals surface area (Å²) in [6.07, 6.45) is 6.97. The number of hydrogen-bond acceptors (Lipinski definition) is 7. The Hall–Kier alpha value is -1.97. The number of benzene rings is 1. The fourth-order valence-electron chi connectivity index (χ4n) is 4.01. The van der Waals surface area contributed by atoms with Crippen LogP contribution >= 0.6 is 11.9 Å². The Bertz CT molecular complexity index is 736. The Balaban J connectivity index is 1.78. The molecule has 1 atom stereocenters. The SMILES string of the molecule is CNSc1ccc(NC2CCCCC2)c(/C(N)=N/N(N)C2CCN(C(C)=O)C2)c1. The largest absolute Gasteiger partial charge is 0.382 e. The number of hydrogen-bond donors (Lipinski definition) is 4. The minimum absolute atomic E-state index is 0.0259. The van der Waals surface area contributed by atoms with E-state index in [9.17, 15) is 4.79 Å². The second kappa shape index (κ2) is 10.2. The highest BCUT2D eigenvalue weighted by atomic mass is 32.2. The van der Waals surface area contributed by atoms with Crippen LogP contribution in [0.15, 0.2) is 28.2 Å². The number of nitrogens with two attached hydrogens (primary N) is 2. The van der Waals surface area contributed by atoms with E-state index in [1.54, 1.807) is 11.8 Å². The molecule has 0 bridgehead atoms. The molecule has 2 aliphatic rings. The molecule has 1 aliphatic heterocycles. The molecule has 0 spiro atoms. The second-order valence-electron chi connectivity index (χ2n) is 7.77. The number of amides is 1. The molecule has 0 aromatic heterocycles. The number of anilines is 1. The maximum Gasteiger partial charge on any atom is 0.219 e. The molecule has 1 saturated carbocycles. The molecule has 1 amide bonds. The molecule has 6 N–H and O–H groups in total. The summed E-state index contributed by atoms with van der Waals surface area (Å²) < 4.78 is 3.09. The number of rotatable bonds is 7. The van der Waals surface area contributed by atoms with Gasteiger partial charge in [-0.1, -0.05) is 19.3 Å². The van der Waals surface area contributed by atoms with Crippen molar-refractivity contribution in [1.82, 2.24) is 14.7 Å². The van der Waals surface area contributed by atoms with Crippen molar-refractivity contribution in [2.45, 2.75) is 62.4 Å². The van der Waals surface area contributed by atoms with Crippen LogP contribution in [0.25, 0.3) is 0 Å². The van der Waals surface area contributed by atoms with E-state index in [2.05, 4.69) is 27.3 Å². The Morgan fingerprint density at radius 2 is 2.03 bits per heavy atom. The third-order valence-electron chi connectivity index (χ3n) is 5.66. The van der Waals surface area contributed by atoms with Crippen molar-refractivity contribution in [3.8, 4) is 0 Å². The maximum absolute atomic E-state index is 11.6. The molecule has 1 aromatic rings. The number of hydrazine groups is 1. The predicted molar refractivity (Wildman–Crippen MR) is 119 cm³/mol. The van der Waals surface area contributed by atoms with E-state index in [0.717, 1.165) is 22.6 Å². The lowest BCUT2D eigenvalue weighted by atomic mass is 9.95. The van der Waals surface area contributed by atoms with Crippen molar-refractivity contribution in [3.63, 3.8) is 0 Å². The van der Waals surface area contributed by atoms with E-state index in [4.69, 9.17) is 11.6 Å². The first-order valence-corrected chi connectivity index (χ1v) is 11.2. The van der Waals surface area contributed by atoms with Crippen LogP contribution in [0.4, 0.5) is 5.69 Å². The number of nitrogens with zero attached hydrogens (tertiary/aromatic N) is 3. The molecule has 9 heteroatoms. The lowest BCUT2D eigenvalue weighted by molar-refractivity contribution is -0.127. The highest BCUT2D eigenvalue weighted by Gasteiger charge is 2.28. The summed E-state index contributed by atoms with van der Waals surface area (Å²) >= 11 is 1.53. The van der Waals surface area contributed by atoms with E-state index >= 15 is 0 Å². The lowest BCUT2D eigenvalue weighted by Crippen LogP contribution is -2.41. The summed E-state index contributed by atoms with van der Waals surface area (Å²) in [6, 6.07) is 6.62. The standard InChI is InChI=1S/C20H33N7OS/c1-14(28)26-11-10-16(13-26)27(22)25-20(21)18-12-17(29-23-2)8-9-19(18)24-15-6-4-3-5-7-15/h8-9,12,15-16,23-24H,3-7,10-11,13,22H2,1-2H3,(H2,21,25). The summed E-state index contributed by atoms with van der Waals surface area (Å²) in [5, 5.41) is 9.55. The summed E-state index contributed by atoms with van der Waals surface area (Å²) in [5.74, 6) is 6.64. The van der Waals surface area contributed by atoms with Gasteiger partial charge in [0, 0.05) is 42.2 Å². The molecule has 1 unspecified atom stereocenters. The van der Waals surface area contributed by atoms with Gasteiger partial charge in [-0.2, -0.15) is 0 Å². The van der Waals surface area contributed by atoms with Crippen molar-refractivity contribution in [2.75, 3.05) is 25.5 Å². The van der Waals surface area contributed by atoms with Crippen molar-refractivity contribution in [1.29, 1.82) is 0 Å². The average Bonchev–Trinajstić information content (AvgIpc) is 3.21. The smallest absolute Gasteiger partial charge is 0.219 e. The van der Waals surface area contributed by atoms with E-state index in [1.807, 2.05) is 13.1 Å². The van der Waals surface area contributed by atoms with Gasteiger partial charge in [0.2, 0.25) is 5.91 Å². The molecule has 0 radical (unpaired) electrons. The zero-order valence-corrected chi connectivity index (χ0v) is 18.2. The number of nitrogens with one attached hydrogen (secondary N) is 2. The normalized spacial score (nSPS) is 20.7. The molecule has 1 aromatic carbocycles. The second-order valence-corrected chi connectivity index (χ2v) is 8.85. The van der Waals surface area contributed by atoms with Gasteiger partial charge in [0.1, 0.15) is 0 Å². The third-order valence-corrected chi connectivity index (χ3v) is 6.35. The first kappa shape index (κ1) is 21.7. The van der Waals surface area contributed by atoms with Crippen LogP contribution in [0.2, 0.25) is 0 Å². The van der Waals surface area contributed by atoms with Gasteiger partial charge >= 0.3 is 0 Å². The first-order chi connectivity index (χ1) is 14.0. The fourth-order valence-corrected chi connectivity index (χ4v) is 4.56. The van der Waals surface area contributed by atoms with E-state index in [1.165, 1.54) is 49.2 Å². The maximum atomic E-state index is 11.6. The lowest BCUT2D eigenvalue weighted by Gasteiger charge is -2.26. The molecular formula is C20H33N7OS. The van der Waals surface area contributed by atoms with Gasteiger partial charge in [0.05, 0.1) is 6.04 Å². The van der Waals surface area contributed by atoms with Gasteiger partial charge in [-0.3, -0.25) is 9.52 Å². The summed E-state index contributed by atoms with van der Waals surface area (Å²) in [5.41, 5.74) is 8.25. The zero-order chi connectivity index (χ0) is 20.8. The van der Waals surface area contributed by atoms with Gasteiger partial charge in [0.25, 0.3) is 0 Å². The van der Waals surface area contributed by atoms with Crippen molar-refractivity contribution < 1.29 is 4.79 Å². The molecule has 8 nitrogen and oxygen atoms in total. The number of amidine groups is 1. The van der Waals surface area contributed by atoms with Gasteiger partial charge < -0.3 is 16.0 Å². The minimum Gasteiger partial charge on any atom is -0.382 e. The van der Waals surface area contributed by atoms with Crippen molar-refractivity contribution in [2.24, 2.45) is 16.7 Å². The summed E-state index contributed by atoms with van der Waals surface area (Å²) in [7, 11) is 1.89. The summed E-state index contributed by atoms with van der Waals surface area (Å²) in [6.45, 7) is 2.85. The van der Waals surface area contributed by atoms with Crippen LogP contribution in [-0.4, -0.2) is 54.0 Å². The number of likely N-dealkylation sites (tertiary alicyclic amines) is 1. The van der Waals surface area contributed by atoms with Gasteiger partial charge in [-0.25, -0.2) is 11.0 Å². The Kier molecular flexibility index (Phi) is 7.63. The molecule has 1 heterocycles. The van der Waals surface area contributed by atoms with E-state index in [-0.39, 0.29) is 11.9 Å². The number of carbonyl (C=O) groups excluding carboxylic acids is 1. The highest BCUT2D eigenvalue weighted by molar-refractivity contribution is 7.97. The Morgan fingerprint density at radius 1 is 1.28 bits per heavy atom. The molecule has 29 heavy (non-hydrogen) atoms. The van der Waals surface area contributed by atoms with Crippen LogP contribution in [-0.2, 0) is 4.79 Å². The number of carbonyl (C=O) groups is 1. The van der Waals surface area contributed by atoms with Crippen molar-refractivity contribution in [3.05, 3.63) is 23.8 Å². The molecule has 1 saturated heterocycles. The molecule has 3 rings (SSSR count). The quantitative estimate of drug-likeness (QED) is 0.176. The first-order valence-electron chi connectivity index (χ1n) is 10.4. The van der Waals surface area contributed by atoms with Gasteiger partial charge in [-0.15, -0.1) is 5.10 Å². The molecule has 1 aliphatic carbocycles. The van der Waals surface area contributed by atoms with Crippen LogP contribution in [0.3, 0.4) is 0 Å². The predicted octanol–water partition coefficient (Wildman–Crippen LogP) is 2.07. The minimum atomic E-state index is -0.0259. The zero-order valence-electron chi connectivity index (χ0n) is 17.4. The fraction of sp³-hybridized carbons (Fsp3) is 0.600. The molecular weight excluding hydrogens is 386 g/mol. The average molecular weight is 420 g/mol. The van der Waals surface area contributed by atoms with Crippen LogP contribution < -0.4 is 21.6 Å². The van der Waals surface area contributed by atoms with Gasteiger partial charge in [0.15, 0.2) is 5.84 Å². The Morgan fingerprint density at radius 3 is 2.69 bits per heavy atom. The molecule has 2 fully saturated rings. The van der Waals surface area contributed by atoms with Gasteiger partial charge in [-0.05, 0) is 56.5 Å². The van der Waals surface area contributed by atoms with Crippen LogP contribution in [0.1, 0.15) is 51.0 Å². The van der Waals surface area contributed by atoms with Crippen LogP contribution in [0.5, 0.6) is 0 Å². The van der Waals surface area contributed by atoms with E-state index < -0.39 is 0 Å². The summed E-state index contributed by atoms with van der Waals surface area (Å²) in [4.78, 5) is 14.4. The van der Waals surface area contributed by atoms with Crippen molar-refractivity contribution >= 4 is 29.4 Å². The third kappa shape index (κ3) is 5.77. The molecule has 160 valence electrons. The number of hydrazone groups is 1.